The lowest BCUT2D eigenvalue weighted by Gasteiger charge is -2.32. The molecule has 2 N–H and O–H groups in total. The second-order valence-electron chi connectivity index (χ2n) is 7.46. The number of anilines is 2. The van der Waals surface area contributed by atoms with Crippen molar-refractivity contribution >= 4 is 17.5 Å². The van der Waals surface area contributed by atoms with Gasteiger partial charge in [-0.2, -0.15) is 4.68 Å². The first kappa shape index (κ1) is 19.1. The molecule has 0 bridgehead atoms. The first-order valence-corrected chi connectivity index (χ1v) is 9.90. The molecule has 1 amide bonds. The summed E-state index contributed by atoms with van der Waals surface area (Å²) in [4.78, 5) is 16.0. The van der Waals surface area contributed by atoms with Crippen LogP contribution in [0.2, 0.25) is 0 Å². The summed E-state index contributed by atoms with van der Waals surface area (Å²) in [6.07, 6.45) is 0. The van der Waals surface area contributed by atoms with Crippen LogP contribution < -0.4 is 15.1 Å². The lowest BCUT2D eigenvalue weighted by atomic mass is 10.1. The highest BCUT2D eigenvalue weighted by Gasteiger charge is 2.26. The summed E-state index contributed by atoms with van der Waals surface area (Å²) in [6.45, 7) is 7.84. The lowest BCUT2D eigenvalue weighted by molar-refractivity contribution is -0.892. The van der Waals surface area contributed by atoms with Crippen LogP contribution >= 0.6 is 0 Å². The van der Waals surface area contributed by atoms with E-state index in [0.717, 1.165) is 54.6 Å². The van der Waals surface area contributed by atoms with Gasteiger partial charge in [0.1, 0.15) is 0 Å². The average molecular weight is 392 g/mol. The molecule has 0 unspecified atom stereocenters. The predicted molar refractivity (Wildman–Crippen MR) is 111 cm³/mol. The van der Waals surface area contributed by atoms with Crippen molar-refractivity contribution in [1.82, 2.24) is 20.2 Å². The highest BCUT2D eigenvalue weighted by atomic mass is 16.2. The molecule has 29 heavy (non-hydrogen) atoms. The van der Waals surface area contributed by atoms with Crippen molar-refractivity contribution in [2.45, 2.75) is 13.8 Å². The zero-order valence-electron chi connectivity index (χ0n) is 16.8. The molecule has 4 rings (SSSR count). The molecule has 0 spiro atoms. The van der Waals surface area contributed by atoms with Gasteiger partial charge in [-0.25, -0.2) is 0 Å². The number of hydrogen-bond donors (Lipinski definition) is 2. The fraction of sp³-hybridized carbons (Fsp3) is 0.333. The van der Waals surface area contributed by atoms with E-state index >= 15 is 0 Å². The monoisotopic (exact) mass is 392 g/mol. The Morgan fingerprint density at radius 2 is 1.72 bits per heavy atom. The molecule has 8 nitrogen and oxygen atoms in total. The van der Waals surface area contributed by atoms with Crippen molar-refractivity contribution in [3.05, 3.63) is 59.7 Å². The van der Waals surface area contributed by atoms with Crippen molar-refractivity contribution in [2.24, 2.45) is 0 Å². The molecule has 0 aliphatic carbocycles. The Morgan fingerprint density at radius 3 is 2.41 bits per heavy atom. The minimum absolute atomic E-state index is 0.0555. The Labute approximate surface area is 170 Å². The van der Waals surface area contributed by atoms with Gasteiger partial charge >= 0.3 is 0 Å². The summed E-state index contributed by atoms with van der Waals surface area (Å²) < 4.78 is 1.76. The Kier molecular flexibility index (Phi) is 5.53. The summed E-state index contributed by atoms with van der Waals surface area (Å²) in [7, 11) is 0. The number of hydrogen-bond acceptors (Lipinski definition) is 5. The van der Waals surface area contributed by atoms with E-state index in [9.17, 15) is 4.79 Å². The van der Waals surface area contributed by atoms with Crippen LogP contribution in [-0.2, 0) is 4.79 Å². The van der Waals surface area contributed by atoms with Crippen LogP contribution in [0.5, 0.6) is 0 Å². The number of nitrogens with zero attached hydrogens (tertiary/aromatic N) is 5. The number of rotatable bonds is 5. The third-order valence-corrected chi connectivity index (χ3v) is 5.36. The standard InChI is InChI=1S/C21H25N7O/c1-16-7-6-8-17(2)20(16)22-19(29)15-26-11-13-27(14-12-26)21-23-24-25-28(21)18-9-4-3-5-10-18/h3-10H,11-15H2,1-2H3,(H,22,29)/p+1. The van der Waals surface area contributed by atoms with Gasteiger partial charge in [0.05, 0.1) is 31.9 Å². The minimum Gasteiger partial charge on any atom is -0.328 e. The topological polar surface area (TPSA) is 80.4 Å². The molecule has 1 fully saturated rings. The molecule has 8 heteroatoms. The van der Waals surface area contributed by atoms with Gasteiger partial charge in [-0.15, -0.1) is 0 Å². The number of carbonyl (C=O) groups is 1. The SMILES string of the molecule is Cc1cccc(C)c1NC(=O)C[NH+]1CCN(c2nnnn2-c2ccccc2)CC1. The Balaban J connectivity index is 1.35. The van der Waals surface area contributed by atoms with Gasteiger partial charge in [-0.1, -0.05) is 41.5 Å². The van der Waals surface area contributed by atoms with Crippen LogP contribution in [0.4, 0.5) is 11.6 Å². The smallest absolute Gasteiger partial charge is 0.279 e. The molecule has 0 radical (unpaired) electrons. The number of para-hydroxylation sites is 2. The van der Waals surface area contributed by atoms with Crippen molar-refractivity contribution in [1.29, 1.82) is 0 Å². The number of aromatic nitrogens is 4. The quantitative estimate of drug-likeness (QED) is 0.666. The number of benzene rings is 2. The second-order valence-corrected chi connectivity index (χ2v) is 7.46. The van der Waals surface area contributed by atoms with E-state index < -0.39 is 0 Å². The van der Waals surface area contributed by atoms with E-state index in [-0.39, 0.29) is 5.91 Å². The lowest BCUT2D eigenvalue weighted by Crippen LogP contribution is -3.15. The molecule has 1 aromatic heterocycles. The summed E-state index contributed by atoms with van der Waals surface area (Å²) in [5, 5.41) is 15.3. The molecular formula is C21H26N7O+. The maximum Gasteiger partial charge on any atom is 0.279 e. The van der Waals surface area contributed by atoms with Gasteiger partial charge < -0.3 is 15.1 Å². The van der Waals surface area contributed by atoms with E-state index in [1.807, 2.05) is 62.4 Å². The maximum absolute atomic E-state index is 12.6. The molecule has 1 saturated heterocycles. The van der Waals surface area contributed by atoms with Crippen LogP contribution in [0.25, 0.3) is 5.69 Å². The first-order valence-electron chi connectivity index (χ1n) is 9.90. The molecule has 150 valence electrons. The Morgan fingerprint density at radius 1 is 1.03 bits per heavy atom. The number of piperazine rings is 1. The molecule has 3 aromatic rings. The number of quaternary nitrogens is 1. The highest BCUT2D eigenvalue weighted by molar-refractivity contribution is 5.93. The third kappa shape index (κ3) is 4.27. The van der Waals surface area contributed by atoms with E-state index in [1.54, 1.807) is 4.68 Å². The molecule has 2 aromatic carbocycles. The zero-order chi connectivity index (χ0) is 20.2. The van der Waals surface area contributed by atoms with Gasteiger partial charge in [0.25, 0.3) is 11.9 Å². The van der Waals surface area contributed by atoms with E-state index in [1.165, 1.54) is 4.90 Å². The van der Waals surface area contributed by atoms with Gasteiger partial charge in [-0.05, 0) is 47.5 Å². The van der Waals surface area contributed by atoms with Crippen LogP contribution in [0, 0.1) is 13.8 Å². The number of aryl methyl sites for hydroxylation is 2. The van der Waals surface area contributed by atoms with E-state index in [0.29, 0.717) is 6.54 Å². The molecule has 0 saturated carbocycles. The van der Waals surface area contributed by atoms with Crippen molar-refractivity contribution in [3.63, 3.8) is 0 Å². The van der Waals surface area contributed by atoms with Crippen molar-refractivity contribution in [3.8, 4) is 5.69 Å². The third-order valence-electron chi connectivity index (χ3n) is 5.36. The summed E-state index contributed by atoms with van der Waals surface area (Å²) in [5.41, 5.74) is 4.05. The van der Waals surface area contributed by atoms with Crippen molar-refractivity contribution < 1.29 is 9.69 Å². The van der Waals surface area contributed by atoms with Crippen LogP contribution in [0.1, 0.15) is 11.1 Å². The van der Waals surface area contributed by atoms with Crippen molar-refractivity contribution in [2.75, 3.05) is 42.9 Å². The predicted octanol–water partition coefficient (Wildman–Crippen LogP) is 0.623. The normalized spacial score (nSPS) is 14.8. The van der Waals surface area contributed by atoms with Gasteiger partial charge in [0.15, 0.2) is 6.54 Å². The van der Waals surface area contributed by atoms with Crippen LogP contribution in [0.15, 0.2) is 48.5 Å². The Hall–Kier alpha value is -3.26. The number of nitrogens with one attached hydrogen (secondary N) is 2. The average Bonchev–Trinajstić information content (AvgIpc) is 3.22. The van der Waals surface area contributed by atoms with Gasteiger partial charge in [-0.3, -0.25) is 4.79 Å². The van der Waals surface area contributed by atoms with E-state index in [2.05, 4.69) is 25.7 Å². The zero-order valence-corrected chi connectivity index (χ0v) is 16.8. The molecule has 1 aliphatic rings. The first-order chi connectivity index (χ1) is 14.1. The van der Waals surface area contributed by atoms with Gasteiger partial charge in [0, 0.05) is 5.69 Å². The second kappa shape index (κ2) is 8.40. The van der Waals surface area contributed by atoms with Crippen LogP contribution in [-0.4, -0.2) is 58.8 Å². The molecule has 2 heterocycles. The fourth-order valence-electron chi connectivity index (χ4n) is 3.74. The molecular weight excluding hydrogens is 366 g/mol. The number of tetrazole rings is 1. The number of carbonyl (C=O) groups excluding carboxylic acids is 1. The highest BCUT2D eigenvalue weighted by Crippen LogP contribution is 2.19. The number of amides is 1. The molecule has 1 aliphatic heterocycles. The van der Waals surface area contributed by atoms with E-state index in [4.69, 9.17) is 0 Å². The van der Waals surface area contributed by atoms with Crippen LogP contribution in [0.3, 0.4) is 0 Å². The fourth-order valence-corrected chi connectivity index (χ4v) is 3.74. The molecule has 0 atom stereocenters. The maximum atomic E-state index is 12.6. The summed E-state index contributed by atoms with van der Waals surface area (Å²) >= 11 is 0. The Bertz CT molecular complexity index is 957. The minimum atomic E-state index is 0.0555. The largest absolute Gasteiger partial charge is 0.328 e. The summed E-state index contributed by atoms with van der Waals surface area (Å²) in [5.74, 6) is 0.801. The van der Waals surface area contributed by atoms with Gasteiger partial charge in [0.2, 0.25) is 0 Å². The summed E-state index contributed by atoms with van der Waals surface area (Å²) in [6, 6.07) is 15.9.